The minimum absolute atomic E-state index is 0.173. The van der Waals surface area contributed by atoms with E-state index in [0.717, 1.165) is 33.3 Å². The van der Waals surface area contributed by atoms with Crippen molar-refractivity contribution >= 4 is 21.9 Å². The highest BCUT2D eigenvalue weighted by Gasteiger charge is 2.09. The lowest BCUT2D eigenvalue weighted by Gasteiger charge is -2.07. The van der Waals surface area contributed by atoms with Gasteiger partial charge in [-0.15, -0.1) is 0 Å². The van der Waals surface area contributed by atoms with Crippen molar-refractivity contribution in [3.63, 3.8) is 0 Å². The van der Waals surface area contributed by atoms with E-state index in [2.05, 4.69) is 38.8 Å². The van der Waals surface area contributed by atoms with Crippen LogP contribution in [-0.4, -0.2) is 14.5 Å². The molecule has 126 valence electrons. The van der Waals surface area contributed by atoms with Crippen molar-refractivity contribution in [2.45, 2.75) is 6.54 Å². The Morgan fingerprint density at radius 1 is 0.923 bits per heavy atom. The van der Waals surface area contributed by atoms with Gasteiger partial charge in [-0.3, -0.25) is 0 Å². The van der Waals surface area contributed by atoms with E-state index in [1.807, 2.05) is 42.6 Å². The molecule has 0 saturated carbocycles. The molecule has 0 aliphatic carbocycles. The van der Waals surface area contributed by atoms with Gasteiger partial charge in [0.2, 0.25) is 0 Å². The average Bonchev–Trinajstić information content (AvgIpc) is 3.27. The number of halogens is 1. The Labute approximate surface area is 149 Å². The van der Waals surface area contributed by atoms with Crippen LogP contribution in [-0.2, 0) is 6.54 Å². The second-order valence-corrected chi connectivity index (χ2v) is 6.41. The number of nitrogens with one attached hydrogen (secondary N) is 1. The largest absolute Gasteiger partial charge is 0.343 e. The summed E-state index contributed by atoms with van der Waals surface area (Å²) in [5.74, 6) is 0.684. The Kier molecular flexibility index (Phi) is 3.35. The third-order valence-corrected chi connectivity index (χ3v) is 4.73. The standard InChI is InChI=1S/C22H16FN3/c23-18-6-2-1-5-17(18)14-26-12-11-15-13-16(9-10-21(15)26)22-24-19-7-3-4-8-20(19)25-22/h1-13H,14H2,(H,24,25). The number of nitrogens with zero attached hydrogens (tertiary/aromatic N) is 2. The Bertz CT molecular complexity index is 1200. The van der Waals surface area contributed by atoms with Gasteiger partial charge in [0.05, 0.1) is 17.6 Å². The van der Waals surface area contributed by atoms with Gasteiger partial charge in [-0.2, -0.15) is 0 Å². The zero-order chi connectivity index (χ0) is 17.5. The Balaban J connectivity index is 1.54. The maximum atomic E-state index is 13.9. The highest BCUT2D eigenvalue weighted by atomic mass is 19.1. The predicted molar refractivity (Wildman–Crippen MR) is 103 cm³/mol. The van der Waals surface area contributed by atoms with Gasteiger partial charge >= 0.3 is 0 Å². The number of rotatable bonds is 3. The molecule has 0 atom stereocenters. The smallest absolute Gasteiger partial charge is 0.138 e. The van der Waals surface area contributed by atoms with Gasteiger partial charge in [0.15, 0.2) is 0 Å². The van der Waals surface area contributed by atoms with Gasteiger partial charge in [0.25, 0.3) is 0 Å². The molecule has 2 aromatic heterocycles. The number of aromatic amines is 1. The molecule has 0 radical (unpaired) electrons. The van der Waals surface area contributed by atoms with Crippen molar-refractivity contribution in [1.82, 2.24) is 14.5 Å². The summed E-state index contributed by atoms with van der Waals surface area (Å²) in [6.07, 6.45) is 2.00. The van der Waals surface area contributed by atoms with Crippen molar-refractivity contribution in [2.24, 2.45) is 0 Å². The van der Waals surface area contributed by atoms with E-state index in [9.17, 15) is 4.39 Å². The SMILES string of the molecule is Fc1ccccc1Cn1ccc2cc(-c3nc4ccccc4[nH]3)ccc21. The summed E-state index contributed by atoms with van der Waals surface area (Å²) in [5, 5.41) is 1.11. The quantitative estimate of drug-likeness (QED) is 0.470. The van der Waals surface area contributed by atoms with E-state index in [1.54, 1.807) is 6.07 Å². The zero-order valence-corrected chi connectivity index (χ0v) is 14.0. The first-order chi connectivity index (χ1) is 12.8. The molecule has 0 bridgehead atoms. The van der Waals surface area contributed by atoms with Gasteiger partial charge in [0, 0.05) is 28.2 Å². The summed E-state index contributed by atoms with van der Waals surface area (Å²) >= 11 is 0. The van der Waals surface area contributed by atoms with E-state index in [0.29, 0.717) is 12.1 Å². The minimum Gasteiger partial charge on any atom is -0.343 e. The molecule has 0 aliphatic rings. The topological polar surface area (TPSA) is 33.6 Å². The summed E-state index contributed by atoms with van der Waals surface area (Å²) in [6, 6.07) is 23.2. The second kappa shape index (κ2) is 5.85. The summed E-state index contributed by atoms with van der Waals surface area (Å²) in [5.41, 5.74) is 4.79. The molecule has 2 heterocycles. The number of imidazole rings is 1. The second-order valence-electron chi connectivity index (χ2n) is 6.41. The van der Waals surface area contributed by atoms with Crippen molar-refractivity contribution < 1.29 is 4.39 Å². The zero-order valence-electron chi connectivity index (χ0n) is 14.0. The van der Waals surface area contributed by atoms with Gasteiger partial charge in [-0.25, -0.2) is 9.37 Å². The normalized spacial score (nSPS) is 11.4. The van der Waals surface area contributed by atoms with Crippen LogP contribution < -0.4 is 0 Å². The van der Waals surface area contributed by atoms with Gasteiger partial charge < -0.3 is 9.55 Å². The lowest BCUT2D eigenvalue weighted by Crippen LogP contribution is -2.00. The molecular weight excluding hydrogens is 325 g/mol. The lowest BCUT2D eigenvalue weighted by atomic mass is 10.1. The van der Waals surface area contributed by atoms with Crippen LogP contribution in [0.2, 0.25) is 0 Å². The number of fused-ring (bicyclic) bond motifs is 2. The number of hydrogen-bond donors (Lipinski definition) is 1. The van der Waals surface area contributed by atoms with Gasteiger partial charge in [0.1, 0.15) is 11.6 Å². The van der Waals surface area contributed by atoms with Crippen LogP contribution in [0.4, 0.5) is 4.39 Å². The molecule has 1 N–H and O–H groups in total. The van der Waals surface area contributed by atoms with E-state index in [-0.39, 0.29) is 5.82 Å². The Morgan fingerprint density at radius 3 is 2.65 bits per heavy atom. The number of H-pyrrole nitrogens is 1. The monoisotopic (exact) mass is 341 g/mol. The van der Waals surface area contributed by atoms with E-state index < -0.39 is 0 Å². The minimum atomic E-state index is -0.173. The number of para-hydroxylation sites is 2. The fourth-order valence-corrected chi connectivity index (χ4v) is 3.38. The molecule has 26 heavy (non-hydrogen) atoms. The van der Waals surface area contributed by atoms with Crippen molar-refractivity contribution in [3.05, 3.63) is 90.4 Å². The molecule has 0 aliphatic heterocycles. The third kappa shape index (κ3) is 2.47. The molecule has 0 saturated heterocycles. The lowest BCUT2D eigenvalue weighted by molar-refractivity contribution is 0.602. The summed E-state index contributed by atoms with van der Waals surface area (Å²) in [7, 11) is 0. The first-order valence-corrected chi connectivity index (χ1v) is 8.55. The van der Waals surface area contributed by atoms with Crippen LogP contribution in [0, 0.1) is 5.82 Å². The van der Waals surface area contributed by atoms with Crippen molar-refractivity contribution in [3.8, 4) is 11.4 Å². The molecule has 4 heteroatoms. The van der Waals surface area contributed by atoms with E-state index in [1.165, 1.54) is 6.07 Å². The molecule has 5 rings (SSSR count). The highest BCUT2D eigenvalue weighted by molar-refractivity contribution is 5.86. The fraction of sp³-hybridized carbons (Fsp3) is 0.0455. The molecular formula is C22H16FN3. The Hall–Kier alpha value is -3.40. The molecule has 0 amide bonds. The van der Waals surface area contributed by atoms with E-state index >= 15 is 0 Å². The van der Waals surface area contributed by atoms with Crippen LogP contribution in [0.25, 0.3) is 33.3 Å². The number of aromatic nitrogens is 3. The Morgan fingerprint density at radius 2 is 1.77 bits per heavy atom. The summed E-state index contributed by atoms with van der Waals surface area (Å²) in [4.78, 5) is 8.03. The number of hydrogen-bond acceptors (Lipinski definition) is 1. The maximum Gasteiger partial charge on any atom is 0.138 e. The van der Waals surface area contributed by atoms with Crippen molar-refractivity contribution in [1.29, 1.82) is 0 Å². The first kappa shape index (κ1) is 14.9. The summed E-state index contributed by atoms with van der Waals surface area (Å²) in [6.45, 7) is 0.514. The first-order valence-electron chi connectivity index (χ1n) is 8.55. The van der Waals surface area contributed by atoms with Crippen LogP contribution in [0.15, 0.2) is 79.0 Å². The molecule has 3 nitrogen and oxygen atoms in total. The van der Waals surface area contributed by atoms with Crippen LogP contribution >= 0.6 is 0 Å². The summed E-state index contributed by atoms with van der Waals surface area (Å²) < 4.78 is 16.0. The molecule has 0 spiro atoms. The molecule has 5 aromatic rings. The van der Waals surface area contributed by atoms with Crippen LogP contribution in [0.1, 0.15) is 5.56 Å². The molecule has 0 unspecified atom stereocenters. The van der Waals surface area contributed by atoms with Crippen LogP contribution in [0.5, 0.6) is 0 Å². The predicted octanol–water partition coefficient (Wildman–Crippen LogP) is 5.37. The van der Waals surface area contributed by atoms with E-state index in [4.69, 9.17) is 0 Å². The molecule has 0 fully saturated rings. The van der Waals surface area contributed by atoms with Gasteiger partial charge in [-0.05, 0) is 42.5 Å². The third-order valence-electron chi connectivity index (χ3n) is 4.73. The highest BCUT2D eigenvalue weighted by Crippen LogP contribution is 2.26. The maximum absolute atomic E-state index is 13.9. The van der Waals surface area contributed by atoms with Crippen molar-refractivity contribution in [2.75, 3.05) is 0 Å². The van der Waals surface area contributed by atoms with Crippen LogP contribution in [0.3, 0.4) is 0 Å². The van der Waals surface area contributed by atoms with Gasteiger partial charge in [-0.1, -0.05) is 30.3 Å². The average molecular weight is 341 g/mol. The molecule has 3 aromatic carbocycles. The fourth-order valence-electron chi connectivity index (χ4n) is 3.38. The number of benzene rings is 3.